The maximum absolute atomic E-state index is 12.2. The van der Waals surface area contributed by atoms with Gasteiger partial charge in [-0.3, -0.25) is 14.6 Å². The van der Waals surface area contributed by atoms with Crippen LogP contribution in [0.5, 0.6) is 5.75 Å². The molecule has 6 nitrogen and oxygen atoms in total. The number of aromatic nitrogens is 1. The fraction of sp³-hybridized carbons (Fsp3) is 0.0714. The van der Waals surface area contributed by atoms with Crippen molar-refractivity contribution in [3.63, 3.8) is 0 Å². The Morgan fingerprint density at radius 1 is 1.15 bits per heavy atom. The summed E-state index contributed by atoms with van der Waals surface area (Å²) >= 11 is 0. The number of benzene rings is 1. The number of carbonyl (C=O) groups excluding carboxylic acids is 2. The minimum Gasteiger partial charge on any atom is -0.483 e. The molecular weight excluding hydrogens is 258 g/mol. The highest BCUT2D eigenvalue weighted by molar-refractivity contribution is 6.06. The topological polar surface area (TPSA) is 94.3 Å². The number of carbonyl (C=O) groups is 2. The molecule has 0 aliphatic heterocycles. The molecule has 0 unspecified atom stereocenters. The van der Waals surface area contributed by atoms with Gasteiger partial charge in [-0.2, -0.15) is 0 Å². The number of anilines is 1. The van der Waals surface area contributed by atoms with E-state index in [4.69, 9.17) is 10.5 Å². The summed E-state index contributed by atoms with van der Waals surface area (Å²) in [4.78, 5) is 26.8. The Morgan fingerprint density at radius 2 is 1.85 bits per heavy atom. The Labute approximate surface area is 115 Å². The average molecular weight is 271 g/mol. The molecule has 0 spiro atoms. The smallest absolute Gasteiger partial charge is 0.259 e. The first-order valence-corrected chi connectivity index (χ1v) is 5.88. The first-order valence-electron chi connectivity index (χ1n) is 5.88. The van der Waals surface area contributed by atoms with Crippen molar-refractivity contribution in [3.8, 4) is 5.75 Å². The molecule has 0 bridgehead atoms. The molecular formula is C14H13N3O3. The zero-order valence-corrected chi connectivity index (χ0v) is 10.6. The zero-order valence-electron chi connectivity index (χ0n) is 10.6. The monoisotopic (exact) mass is 271 g/mol. The fourth-order valence-corrected chi connectivity index (χ4v) is 1.56. The van der Waals surface area contributed by atoms with E-state index in [9.17, 15) is 9.59 Å². The van der Waals surface area contributed by atoms with Gasteiger partial charge in [0, 0.05) is 18.1 Å². The average Bonchev–Trinajstić information content (AvgIpc) is 2.46. The van der Waals surface area contributed by atoms with Gasteiger partial charge < -0.3 is 15.8 Å². The fourth-order valence-electron chi connectivity index (χ4n) is 1.56. The number of amides is 2. The number of pyridine rings is 1. The number of nitrogens with one attached hydrogen (secondary N) is 1. The van der Waals surface area contributed by atoms with Crippen LogP contribution in [0.2, 0.25) is 0 Å². The van der Waals surface area contributed by atoms with Crippen LogP contribution in [0.15, 0.2) is 48.8 Å². The van der Waals surface area contributed by atoms with Crippen molar-refractivity contribution >= 4 is 17.5 Å². The summed E-state index contributed by atoms with van der Waals surface area (Å²) in [7, 11) is 0. The van der Waals surface area contributed by atoms with Crippen LogP contribution >= 0.6 is 0 Å². The molecule has 0 atom stereocenters. The summed E-state index contributed by atoms with van der Waals surface area (Å²) in [5.74, 6) is -0.636. The molecule has 0 radical (unpaired) electrons. The van der Waals surface area contributed by atoms with Crippen LogP contribution < -0.4 is 15.8 Å². The van der Waals surface area contributed by atoms with Crippen LogP contribution in [0.4, 0.5) is 5.69 Å². The molecule has 102 valence electrons. The molecule has 6 heteroatoms. The first-order chi connectivity index (χ1) is 9.66. The van der Waals surface area contributed by atoms with Crippen LogP contribution in [0.3, 0.4) is 0 Å². The van der Waals surface area contributed by atoms with Crippen molar-refractivity contribution in [3.05, 3.63) is 54.4 Å². The first kappa shape index (κ1) is 13.5. The molecule has 0 aliphatic carbocycles. The number of hydrogen-bond donors (Lipinski definition) is 2. The largest absolute Gasteiger partial charge is 0.483 e. The Bertz CT molecular complexity index is 614. The van der Waals surface area contributed by atoms with Crippen molar-refractivity contribution in [2.24, 2.45) is 5.73 Å². The summed E-state index contributed by atoms with van der Waals surface area (Å²) < 4.78 is 5.21. The highest BCUT2D eigenvalue weighted by Crippen LogP contribution is 2.19. The minimum absolute atomic E-state index is 0.278. The third-order valence-electron chi connectivity index (χ3n) is 2.44. The number of hydrogen-bond acceptors (Lipinski definition) is 4. The van der Waals surface area contributed by atoms with E-state index in [0.717, 1.165) is 0 Å². The second kappa shape index (κ2) is 6.33. The SMILES string of the molecule is NC(=O)COc1ccccc1C(=O)Nc1ccncc1. The van der Waals surface area contributed by atoms with Crippen molar-refractivity contribution in [1.82, 2.24) is 4.98 Å². The number of ether oxygens (including phenoxy) is 1. The molecule has 0 aliphatic rings. The summed E-state index contributed by atoms with van der Waals surface area (Å²) in [5, 5.41) is 2.71. The van der Waals surface area contributed by atoms with Gasteiger partial charge in [0.05, 0.1) is 5.56 Å². The van der Waals surface area contributed by atoms with Gasteiger partial charge in [0.1, 0.15) is 5.75 Å². The number of primary amides is 1. The van der Waals surface area contributed by atoms with Crippen molar-refractivity contribution < 1.29 is 14.3 Å². The highest BCUT2D eigenvalue weighted by Gasteiger charge is 2.12. The van der Waals surface area contributed by atoms with E-state index in [-0.39, 0.29) is 12.5 Å². The molecule has 0 saturated heterocycles. The Kier molecular flexibility index (Phi) is 4.28. The van der Waals surface area contributed by atoms with Gasteiger partial charge in [-0.1, -0.05) is 12.1 Å². The van der Waals surface area contributed by atoms with Crippen molar-refractivity contribution in [2.75, 3.05) is 11.9 Å². The molecule has 2 aromatic rings. The van der Waals surface area contributed by atoms with Gasteiger partial charge in [0.2, 0.25) is 0 Å². The van der Waals surface area contributed by atoms with Gasteiger partial charge in [0.15, 0.2) is 6.61 Å². The third kappa shape index (κ3) is 3.55. The second-order valence-electron chi connectivity index (χ2n) is 3.94. The Morgan fingerprint density at radius 3 is 2.55 bits per heavy atom. The number of nitrogens with zero attached hydrogens (tertiary/aromatic N) is 1. The van der Waals surface area contributed by atoms with Gasteiger partial charge in [-0.05, 0) is 24.3 Å². The maximum atomic E-state index is 12.2. The predicted molar refractivity (Wildman–Crippen MR) is 73.3 cm³/mol. The van der Waals surface area contributed by atoms with Crippen molar-refractivity contribution in [2.45, 2.75) is 0 Å². The predicted octanol–water partition coefficient (Wildman–Crippen LogP) is 1.20. The lowest BCUT2D eigenvalue weighted by molar-refractivity contribution is -0.119. The Hall–Kier alpha value is -2.89. The van der Waals surface area contributed by atoms with E-state index in [1.807, 2.05) is 0 Å². The quantitative estimate of drug-likeness (QED) is 0.854. The number of para-hydroxylation sites is 1. The molecule has 2 rings (SSSR count). The summed E-state index contributed by atoms with van der Waals surface area (Å²) in [6, 6.07) is 9.96. The van der Waals surface area contributed by atoms with E-state index in [1.54, 1.807) is 48.8 Å². The Balaban J connectivity index is 2.15. The second-order valence-corrected chi connectivity index (χ2v) is 3.94. The van der Waals surface area contributed by atoms with E-state index >= 15 is 0 Å². The van der Waals surface area contributed by atoms with E-state index in [0.29, 0.717) is 17.0 Å². The molecule has 20 heavy (non-hydrogen) atoms. The van der Waals surface area contributed by atoms with Crippen LogP contribution in [-0.2, 0) is 4.79 Å². The third-order valence-corrected chi connectivity index (χ3v) is 2.44. The van der Waals surface area contributed by atoms with Crippen LogP contribution in [0.1, 0.15) is 10.4 Å². The van der Waals surface area contributed by atoms with Gasteiger partial charge in [-0.25, -0.2) is 0 Å². The summed E-state index contributed by atoms with van der Waals surface area (Å²) in [6.07, 6.45) is 3.15. The molecule has 3 N–H and O–H groups in total. The molecule has 1 aromatic carbocycles. The van der Waals surface area contributed by atoms with E-state index in [2.05, 4.69) is 10.3 Å². The maximum Gasteiger partial charge on any atom is 0.259 e. The van der Waals surface area contributed by atoms with Crippen molar-refractivity contribution in [1.29, 1.82) is 0 Å². The lowest BCUT2D eigenvalue weighted by Crippen LogP contribution is -2.21. The molecule has 1 heterocycles. The lowest BCUT2D eigenvalue weighted by Gasteiger charge is -2.10. The minimum atomic E-state index is -0.602. The van der Waals surface area contributed by atoms with Crippen LogP contribution in [0, 0.1) is 0 Å². The molecule has 1 aromatic heterocycles. The highest BCUT2D eigenvalue weighted by atomic mass is 16.5. The van der Waals surface area contributed by atoms with E-state index < -0.39 is 5.91 Å². The van der Waals surface area contributed by atoms with Gasteiger partial charge >= 0.3 is 0 Å². The molecule has 2 amide bonds. The van der Waals surface area contributed by atoms with Crippen LogP contribution in [-0.4, -0.2) is 23.4 Å². The van der Waals surface area contributed by atoms with Gasteiger partial charge in [-0.15, -0.1) is 0 Å². The molecule has 0 saturated carbocycles. The number of nitrogens with two attached hydrogens (primary N) is 1. The zero-order chi connectivity index (χ0) is 14.4. The lowest BCUT2D eigenvalue weighted by atomic mass is 10.2. The molecule has 0 fully saturated rings. The normalized spacial score (nSPS) is 9.80. The van der Waals surface area contributed by atoms with E-state index in [1.165, 1.54) is 0 Å². The van der Waals surface area contributed by atoms with Gasteiger partial charge in [0.25, 0.3) is 11.8 Å². The summed E-state index contributed by atoms with van der Waals surface area (Å²) in [5.41, 5.74) is 5.96. The van der Waals surface area contributed by atoms with Crippen LogP contribution in [0.25, 0.3) is 0 Å². The summed E-state index contributed by atoms with van der Waals surface area (Å²) in [6.45, 7) is -0.278. The number of rotatable bonds is 5. The standard InChI is InChI=1S/C14H13N3O3/c15-13(18)9-20-12-4-2-1-3-11(12)14(19)17-10-5-7-16-8-6-10/h1-8H,9H2,(H2,15,18)(H,16,17,19).